The highest BCUT2D eigenvalue weighted by molar-refractivity contribution is 5.85. The van der Waals surface area contributed by atoms with E-state index in [4.69, 9.17) is 5.73 Å². The molecule has 0 radical (unpaired) electrons. The third kappa shape index (κ3) is 4.11. The van der Waals surface area contributed by atoms with Gasteiger partial charge in [0.1, 0.15) is 0 Å². The molecule has 3 fully saturated rings. The summed E-state index contributed by atoms with van der Waals surface area (Å²) in [7, 11) is 0. The first-order valence-electron chi connectivity index (χ1n) is 14.0. The van der Waals surface area contributed by atoms with Gasteiger partial charge in [-0.05, 0) is 84.4 Å². The lowest BCUT2D eigenvalue weighted by Crippen LogP contribution is -2.48. The molecule has 7 rings (SSSR count). The number of nitrogen functional groups attached to an aromatic ring is 1. The van der Waals surface area contributed by atoms with Gasteiger partial charge in [-0.3, -0.25) is 4.79 Å². The molecular weight excluding hydrogens is 458 g/mol. The first kappa shape index (κ1) is 22.9. The maximum atomic E-state index is 14.3. The maximum absolute atomic E-state index is 14.3. The van der Waals surface area contributed by atoms with Gasteiger partial charge in [0.2, 0.25) is 5.91 Å². The second-order valence-electron chi connectivity index (χ2n) is 11.4. The monoisotopic (exact) mass is 493 g/mol. The first-order chi connectivity index (χ1) is 18.2. The minimum atomic E-state index is -0.0964. The Hall–Kier alpha value is -3.25. The molecule has 190 valence electrons. The van der Waals surface area contributed by atoms with Crippen molar-refractivity contribution >= 4 is 11.6 Å². The summed E-state index contributed by atoms with van der Waals surface area (Å²) < 4.78 is 0. The number of likely N-dealkylation sites (tertiary alicyclic amines) is 2. The number of aromatic nitrogens is 2. The van der Waals surface area contributed by atoms with Crippen molar-refractivity contribution in [3.05, 3.63) is 77.4 Å². The zero-order valence-corrected chi connectivity index (χ0v) is 21.4. The average molecular weight is 494 g/mol. The molecule has 1 unspecified atom stereocenters. The van der Waals surface area contributed by atoms with Gasteiger partial charge in [0.05, 0.1) is 12.0 Å². The lowest BCUT2D eigenvalue weighted by atomic mass is 9.77. The summed E-state index contributed by atoms with van der Waals surface area (Å²) >= 11 is 0. The number of carbonyl (C=O) groups excluding carboxylic acids is 1. The minimum Gasteiger partial charge on any atom is -0.398 e. The third-order valence-electron chi connectivity index (χ3n) is 9.11. The summed E-state index contributed by atoms with van der Waals surface area (Å²) in [5.74, 6) is 1.87. The van der Waals surface area contributed by atoms with Crippen LogP contribution < -0.4 is 5.73 Å². The molecule has 3 atom stereocenters. The SMILES string of the molecule is Nc1c([C@H]2CCN(CC3CC3)C[C@H]2C(=O)N2CCCC2c2ncccn2)ccc2c1Cc1ccccc1-2. The number of hydrogen-bond donors (Lipinski definition) is 1. The lowest BCUT2D eigenvalue weighted by Gasteiger charge is -2.41. The van der Waals surface area contributed by atoms with E-state index in [1.54, 1.807) is 12.4 Å². The molecule has 2 aliphatic heterocycles. The molecule has 2 aliphatic carbocycles. The average Bonchev–Trinajstić information content (AvgIpc) is 3.46. The zero-order valence-electron chi connectivity index (χ0n) is 21.4. The molecule has 3 heterocycles. The van der Waals surface area contributed by atoms with Crippen molar-refractivity contribution in [2.75, 3.05) is 31.9 Å². The number of rotatable bonds is 5. The summed E-state index contributed by atoms with van der Waals surface area (Å²) in [5, 5.41) is 0. The van der Waals surface area contributed by atoms with E-state index < -0.39 is 0 Å². The molecule has 1 saturated carbocycles. The van der Waals surface area contributed by atoms with Gasteiger partial charge in [-0.2, -0.15) is 0 Å². The van der Waals surface area contributed by atoms with Crippen molar-refractivity contribution in [3.63, 3.8) is 0 Å². The van der Waals surface area contributed by atoms with Gasteiger partial charge in [0.25, 0.3) is 0 Å². The Morgan fingerprint density at radius 2 is 1.78 bits per heavy atom. The first-order valence-corrected chi connectivity index (χ1v) is 14.0. The van der Waals surface area contributed by atoms with Crippen molar-refractivity contribution in [2.45, 2.75) is 50.5 Å². The minimum absolute atomic E-state index is 0.0278. The van der Waals surface area contributed by atoms with Crippen molar-refractivity contribution < 1.29 is 4.79 Å². The van der Waals surface area contributed by atoms with Crippen LogP contribution in [0.3, 0.4) is 0 Å². The topological polar surface area (TPSA) is 75.3 Å². The Balaban J connectivity index is 1.22. The number of anilines is 1. The zero-order chi connectivity index (χ0) is 24.9. The molecule has 6 nitrogen and oxygen atoms in total. The molecule has 0 bridgehead atoms. The quantitative estimate of drug-likeness (QED) is 0.404. The van der Waals surface area contributed by atoms with Gasteiger partial charge in [-0.15, -0.1) is 0 Å². The molecule has 2 N–H and O–H groups in total. The van der Waals surface area contributed by atoms with E-state index in [2.05, 4.69) is 56.2 Å². The fourth-order valence-electron chi connectivity index (χ4n) is 7.04. The number of fused-ring (bicyclic) bond motifs is 3. The fourth-order valence-corrected chi connectivity index (χ4v) is 7.04. The summed E-state index contributed by atoms with van der Waals surface area (Å²) in [5.41, 5.74) is 14.1. The predicted octanol–water partition coefficient (Wildman–Crippen LogP) is 4.81. The van der Waals surface area contributed by atoms with Crippen molar-refractivity contribution in [1.82, 2.24) is 19.8 Å². The number of hydrogen-bond acceptors (Lipinski definition) is 5. The number of piperidine rings is 1. The second kappa shape index (κ2) is 9.25. The summed E-state index contributed by atoms with van der Waals surface area (Å²) in [6, 6.07) is 14.9. The van der Waals surface area contributed by atoms with Crippen molar-refractivity contribution in [2.24, 2.45) is 11.8 Å². The van der Waals surface area contributed by atoms with E-state index in [9.17, 15) is 4.79 Å². The van der Waals surface area contributed by atoms with Crippen LogP contribution in [0.2, 0.25) is 0 Å². The maximum Gasteiger partial charge on any atom is 0.228 e. The molecule has 2 saturated heterocycles. The van der Waals surface area contributed by atoms with Crippen LogP contribution in [0.4, 0.5) is 5.69 Å². The van der Waals surface area contributed by atoms with Crippen LogP contribution in [-0.4, -0.2) is 51.9 Å². The van der Waals surface area contributed by atoms with Gasteiger partial charge in [0, 0.05) is 44.1 Å². The van der Waals surface area contributed by atoms with Gasteiger partial charge in [-0.25, -0.2) is 9.97 Å². The number of carbonyl (C=O) groups is 1. The molecule has 6 heteroatoms. The van der Waals surface area contributed by atoms with Gasteiger partial charge in [-0.1, -0.05) is 36.4 Å². The molecule has 37 heavy (non-hydrogen) atoms. The standard InChI is InChI=1S/C31H35N5O/c32-29-25(11-10-23-22-6-2-1-5-21(22)17-26(23)29)24-12-16-35(18-20-8-9-20)19-27(24)31(37)36-15-3-7-28(36)30-33-13-4-14-34-30/h1-2,4-6,10-11,13-14,20,24,27-28H,3,7-9,12,15-19,32H2/t24-,27-,28?/m1/s1. The van der Waals surface area contributed by atoms with Crippen LogP contribution in [0.25, 0.3) is 11.1 Å². The van der Waals surface area contributed by atoms with E-state index in [1.807, 2.05) is 6.07 Å². The van der Waals surface area contributed by atoms with E-state index in [0.29, 0.717) is 0 Å². The highest BCUT2D eigenvalue weighted by atomic mass is 16.2. The highest BCUT2D eigenvalue weighted by Gasteiger charge is 2.43. The van der Waals surface area contributed by atoms with Crippen LogP contribution in [0.5, 0.6) is 0 Å². The Morgan fingerprint density at radius 3 is 2.62 bits per heavy atom. The van der Waals surface area contributed by atoms with E-state index in [1.165, 1.54) is 40.7 Å². The van der Waals surface area contributed by atoms with Gasteiger partial charge < -0.3 is 15.5 Å². The number of nitrogens with zero attached hydrogens (tertiary/aromatic N) is 4. The Labute approximate surface area is 218 Å². The van der Waals surface area contributed by atoms with Crippen molar-refractivity contribution in [1.29, 1.82) is 0 Å². The second-order valence-corrected chi connectivity index (χ2v) is 11.4. The van der Waals surface area contributed by atoms with E-state index in [-0.39, 0.29) is 23.8 Å². The molecule has 0 spiro atoms. The van der Waals surface area contributed by atoms with E-state index in [0.717, 1.165) is 69.3 Å². The normalized spacial score (nSPS) is 25.2. The van der Waals surface area contributed by atoms with Crippen LogP contribution in [0.1, 0.15) is 66.6 Å². The molecule has 1 aromatic heterocycles. The molecule has 4 aliphatic rings. The number of nitrogens with two attached hydrogens (primary N) is 1. The van der Waals surface area contributed by atoms with Crippen molar-refractivity contribution in [3.8, 4) is 11.1 Å². The smallest absolute Gasteiger partial charge is 0.228 e. The summed E-state index contributed by atoms with van der Waals surface area (Å²) in [6.45, 7) is 3.75. The highest BCUT2D eigenvalue weighted by Crippen LogP contribution is 2.46. The Bertz CT molecular complexity index is 1320. The third-order valence-corrected chi connectivity index (χ3v) is 9.11. The van der Waals surface area contributed by atoms with Crippen LogP contribution >= 0.6 is 0 Å². The summed E-state index contributed by atoms with van der Waals surface area (Å²) in [6.07, 6.45) is 10.0. The number of benzene rings is 2. The molecular formula is C31H35N5O. The Kier molecular flexibility index (Phi) is 5.73. The predicted molar refractivity (Wildman–Crippen MR) is 145 cm³/mol. The fraction of sp³-hybridized carbons (Fsp3) is 0.452. The van der Waals surface area contributed by atoms with E-state index >= 15 is 0 Å². The van der Waals surface area contributed by atoms with Gasteiger partial charge in [0.15, 0.2) is 5.82 Å². The Morgan fingerprint density at radius 1 is 0.946 bits per heavy atom. The largest absolute Gasteiger partial charge is 0.398 e. The van der Waals surface area contributed by atoms with Crippen LogP contribution in [-0.2, 0) is 11.2 Å². The van der Waals surface area contributed by atoms with Crippen LogP contribution in [0.15, 0.2) is 54.9 Å². The molecule has 2 aromatic carbocycles. The van der Waals surface area contributed by atoms with Crippen LogP contribution in [0, 0.1) is 11.8 Å². The lowest BCUT2D eigenvalue weighted by molar-refractivity contribution is -0.139. The van der Waals surface area contributed by atoms with Gasteiger partial charge >= 0.3 is 0 Å². The molecule has 1 amide bonds. The molecule has 3 aromatic rings. The number of amides is 1. The summed E-state index contributed by atoms with van der Waals surface area (Å²) in [4.78, 5) is 28.0.